The lowest BCUT2D eigenvalue weighted by Crippen LogP contribution is -2.29. The summed E-state index contributed by atoms with van der Waals surface area (Å²) in [5.74, 6) is 0. The molecule has 0 amide bonds. The van der Waals surface area contributed by atoms with Crippen LogP contribution in [0.25, 0.3) is 60.5 Å². The molecule has 0 aliphatic heterocycles. The highest BCUT2D eigenvalue weighted by molar-refractivity contribution is 6.11. The molecule has 1 aromatic heterocycles. The first-order chi connectivity index (χ1) is 30.3. The number of hydrogen-bond donors (Lipinski definition) is 0. The highest BCUT2D eigenvalue weighted by Crippen LogP contribution is 2.58. The van der Waals surface area contributed by atoms with Crippen LogP contribution in [0.5, 0.6) is 0 Å². The fourth-order valence-electron chi connectivity index (χ4n) is 10.2. The molecule has 1 atom stereocenters. The molecule has 2 nitrogen and oxygen atoms in total. The number of nitrogens with zero attached hydrogens (tertiary/aromatic N) is 2. The van der Waals surface area contributed by atoms with Gasteiger partial charge in [0.15, 0.2) is 0 Å². The zero-order valence-corrected chi connectivity index (χ0v) is 33.5. The number of benzene rings is 10. The highest BCUT2D eigenvalue weighted by atomic mass is 15.1. The monoisotopic (exact) mass is 776 g/mol. The standard InChI is InChI=1S/C59H40N2/c1-4-18-41(19-5-1)43-22-16-25-45(38-43)59(44-23-6-2-7-24-44)54-31-14-12-29-50(54)51-36-34-47(39-55(51)59)60(56-33-17-21-42-20-10-11-28-49(42)56)48-35-37-53-52-30-13-15-32-57(52)61(58(53)40-48)46-26-8-3-9-27-46/h1-40H. The Kier molecular flexibility index (Phi) is 8.11. The summed E-state index contributed by atoms with van der Waals surface area (Å²) in [6.45, 7) is 0. The molecular formula is C59H40N2. The molecule has 0 spiro atoms. The van der Waals surface area contributed by atoms with Gasteiger partial charge in [0.25, 0.3) is 0 Å². The molecule has 0 saturated heterocycles. The van der Waals surface area contributed by atoms with Crippen LogP contribution in [0.1, 0.15) is 22.3 Å². The molecule has 0 bridgehead atoms. The van der Waals surface area contributed by atoms with E-state index in [4.69, 9.17) is 0 Å². The highest BCUT2D eigenvalue weighted by Gasteiger charge is 2.46. The van der Waals surface area contributed by atoms with Gasteiger partial charge in [0.05, 0.1) is 22.1 Å². The molecule has 2 heteroatoms. The molecule has 0 radical (unpaired) electrons. The molecule has 286 valence electrons. The first-order valence-electron chi connectivity index (χ1n) is 21.1. The number of rotatable bonds is 7. The third kappa shape index (κ3) is 5.43. The Hall–Kier alpha value is -7.94. The average Bonchev–Trinajstić information content (AvgIpc) is 3.83. The molecule has 0 fully saturated rings. The minimum atomic E-state index is -0.581. The summed E-state index contributed by atoms with van der Waals surface area (Å²) in [5.41, 5.74) is 16.2. The Labute approximate surface area is 355 Å². The molecule has 0 saturated carbocycles. The SMILES string of the molecule is c1ccc(-c2cccc(C3(c4ccccc4)c4ccccc4-c4ccc(N(c5ccc6c7ccccc7n(-c7ccccc7)c6c5)c5cccc6ccccc56)cc43)c2)cc1. The van der Waals surface area contributed by atoms with Crippen molar-refractivity contribution in [3.8, 4) is 27.9 Å². The van der Waals surface area contributed by atoms with Crippen molar-refractivity contribution in [2.45, 2.75) is 5.41 Å². The molecule has 10 aromatic carbocycles. The Morgan fingerprint density at radius 3 is 1.79 bits per heavy atom. The van der Waals surface area contributed by atoms with Crippen LogP contribution < -0.4 is 4.90 Å². The van der Waals surface area contributed by atoms with Crippen molar-refractivity contribution in [3.05, 3.63) is 265 Å². The van der Waals surface area contributed by atoms with Crippen molar-refractivity contribution in [3.63, 3.8) is 0 Å². The third-order valence-electron chi connectivity index (χ3n) is 12.8. The van der Waals surface area contributed by atoms with E-state index in [2.05, 4.69) is 252 Å². The maximum absolute atomic E-state index is 2.48. The number of anilines is 3. The van der Waals surface area contributed by atoms with Gasteiger partial charge >= 0.3 is 0 Å². The molecule has 1 heterocycles. The summed E-state index contributed by atoms with van der Waals surface area (Å²) in [7, 11) is 0. The summed E-state index contributed by atoms with van der Waals surface area (Å²) in [6.07, 6.45) is 0. The molecule has 0 N–H and O–H groups in total. The maximum atomic E-state index is 2.48. The van der Waals surface area contributed by atoms with Gasteiger partial charge in [-0.15, -0.1) is 0 Å². The molecule has 1 aliphatic carbocycles. The number of para-hydroxylation sites is 2. The van der Waals surface area contributed by atoms with Gasteiger partial charge in [-0.3, -0.25) is 0 Å². The second-order valence-corrected chi connectivity index (χ2v) is 16.1. The van der Waals surface area contributed by atoms with Crippen LogP contribution in [0.2, 0.25) is 0 Å². The van der Waals surface area contributed by atoms with Crippen LogP contribution in [-0.2, 0) is 5.41 Å². The van der Waals surface area contributed by atoms with E-state index >= 15 is 0 Å². The van der Waals surface area contributed by atoms with Gasteiger partial charge in [0, 0.05) is 33.2 Å². The van der Waals surface area contributed by atoms with Crippen molar-refractivity contribution >= 4 is 49.6 Å². The number of aromatic nitrogens is 1. The van der Waals surface area contributed by atoms with E-state index in [0.717, 1.165) is 22.7 Å². The lowest BCUT2D eigenvalue weighted by molar-refractivity contribution is 0.769. The predicted molar refractivity (Wildman–Crippen MR) is 256 cm³/mol. The Morgan fingerprint density at radius 1 is 0.344 bits per heavy atom. The van der Waals surface area contributed by atoms with Crippen molar-refractivity contribution < 1.29 is 0 Å². The zero-order chi connectivity index (χ0) is 40.3. The van der Waals surface area contributed by atoms with Crippen LogP contribution in [0.4, 0.5) is 17.1 Å². The molecule has 61 heavy (non-hydrogen) atoms. The topological polar surface area (TPSA) is 8.17 Å². The summed E-state index contributed by atoms with van der Waals surface area (Å²) in [4.78, 5) is 2.48. The van der Waals surface area contributed by atoms with Gasteiger partial charge in [-0.2, -0.15) is 0 Å². The zero-order valence-electron chi connectivity index (χ0n) is 33.5. The smallest absolute Gasteiger partial charge is 0.0714 e. The van der Waals surface area contributed by atoms with E-state index in [1.165, 1.54) is 77.1 Å². The van der Waals surface area contributed by atoms with Crippen molar-refractivity contribution in [1.29, 1.82) is 0 Å². The van der Waals surface area contributed by atoms with Crippen molar-refractivity contribution in [2.75, 3.05) is 4.90 Å². The minimum Gasteiger partial charge on any atom is -0.310 e. The second-order valence-electron chi connectivity index (χ2n) is 16.1. The van der Waals surface area contributed by atoms with Crippen molar-refractivity contribution in [1.82, 2.24) is 4.57 Å². The number of fused-ring (bicyclic) bond motifs is 7. The van der Waals surface area contributed by atoms with E-state index in [-0.39, 0.29) is 0 Å². The molecule has 11 aromatic rings. The summed E-state index contributed by atoms with van der Waals surface area (Å²) in [6, 6.07) is 89.3. The van der Waals surface area contributed by atoms with Gasteiger partial charge < -0.3 is 9.47 Å². The van der Waals surface area contributed by atoms with Gasteiger partial charge in [-0.1, -0.05) is 188 Å². The van der Waals surface area contributed by atoms with Gasteiger partial charge in [0.2, 0.25) is 0 Å². The summed E-state index contributed by atoms with van der Waals surface area (Å²) in [5, 5.41) is 4.87. The second kappa shape index (κ2) is 14.1. The predicted octanol–water partition coefficient (Wildman–Crippen LogP) is 15.4. The molecule has 12 rings (SSSR count). The fourth-order valence-corrected chi connectivity index (χ4v) is 10.2. The van der Waals surface area contributed by atoms with Crippen LogP contribution in [0.3, 0.4) is 0 Å². The Balaban J connectivity index is 1.15. The molecule has 1 unspecified atom stereocenters. The van der Waals surface area contributed by atoms with Crippen LogP contribution in [-0.4, -0.2) is 4.57 Å². The first-order valence-corrected chi connectivity index (χ1v) is 21.1. The average molecular weight is 777 g/mol. The van der Waals surface area contributed by atoms with Gasteiger partial charge in [-0.25, -0.2) is 0 Å². The maximum Gasteiger partial charge on any atom is 0.0714 e. The van der Waals surface area contributed by atoms with Crippen LogP contribution >= 0.6 is 0 Å². The van der Waals surface area contributed by atoms with E-state index < -0.39 is 5.41 Å². The lowest BCUT2D eigenvalue weighted by atomic mass is 9.67. The number of hydrogen-bond acceptors (Lipinski definition) is 1. The molecule has 1 aliphatic rings. The van der Waals surface area contributed by atoms with Gasteiger partial charge in [-0.05, 0) is 104 Å². The summed E-state index contributed by atoms with van der Waals surface area (Å²) >= 11 is 0. The Bertz CT molecular complexity index is 3420. The largest absolute Gasteiger partial charge is 0.310 e. The van der Waals surface area contributed by atoms with E-state index in [1.54, 1.807) is 0 Å². The Morgan fingerprint density at radius 2 is 0.934 bits per heavy atom. The molecular weight excluding hydrogens is 737 g/mol. The third-order valence-corrected chi connectivity index (χ3v) is 12.8. The normalized spacial score (nSPS) is 14.3. The van der Waals surface area contributed by atoms with E-state index in [9.17, 15) is 0 Å². The minimum absolute atomic E-state index is 0.581. The van der Waals surface area contributed by atoms with Crippen LogP contribution in [0.15, 0.2) is 243 Å². The van der Waals surface area contributed by atoms with E-state index in [0.29, 0.717) is 0 Å². The van der Waals surface area contributed by atoms with Crippen molar-refractivity contribution in [2.24, 2.45) is 0 Å². The van der Waals surface area contributed by atoms with E-state index in [1.807, 2.05) is 0 Å². The lowest BCUT2D eigenvalue weighted by Gasteiger charge is -2.35. The summed E-state index contributed by atoms with van der Waals surface area (Å²) < 4.78 is 2.41. The van der Waals surface area contributed by atoms with Gasteiger partial charge in [0.1, 0.15) is 0 Å². The first kappa shape index (κ1) is 35.0. The fraction of sp³-hybridized carbons (Fsp3) is 0.0169. The van der Waals surface area contributed by atoms with Crippen LogP contribution in [0, 0.1) is 0 Å². The quantitative estimate of drug-likeness (QED) is 0.156.